The third-order valence-corrected chi connectivity index (χ3v) is 3.15. The van der Waals surface area contributed by atoms with Gasteiger partial charge in [-0.3, -0.25) is 0 Å². The van der Waals surface area contributed by atoms with Crippen molar-refractivity contribution < 1.29 is 9.53 Å². The van der Waals surface area contributed by atoms with Gasteiger partial charge in [-0.15, -0.1) is 0 Å². The highest BCUT2D eigenvalue weighted by molar-refractivity contribution is 5.91. The van der Waals surface area contributed by atoms with E-state index < -0.39 is 5.97 Å². The Labute approximate surface area is 136 Å². The summed E-state index contributed by atoms with van der Waals surface area (Å²) in [5.74, 6) is -0.0280. The van der Waals surface area contributed by atoms with Crippen LogP contribution in [0.4, 0.5) is 5.95 Å². The molecule has 1 aromatic heterocycles. The molecule has 6 nitrogen and oxygen atoms in total. The minimum absolute atomic E-state index is 0.350. The lowest BCUT2D eigenvalue weighted by Crippen LogP contribution is -2.27. The van der Waals surface area contributed by atoms with E-state index in [4.69, 9.17) is 4.74 Å². The van der Waals surface area contributed by atoms with Gasteiger partial charge in [-0.05, 0) is 6.07 Å². The van der Waals surface area contributed by atoms with Crippen LogP contribution in [0.25, 0.3) is 11.3 Å². The Morgan fingerprint density at radius 2 is 1.83 bits per heavy atom. The van der Waals surface area contributed by atoms with Gasteiger partial charge in [-0.25, -0.2) is 14.8 Å². The number of benzene rings is 1. The molecule has 1 aromatic carbocycles. The van der Waals surface area contributed by atoms with Gasteiger partial charge in [-0.1, -0.05) is 30.3 Å². The first-order chi connectivity index (χ1) is 11.0. The van der Waals surface area contributed by atoms with Gasteiger partial charge in [-0.2, -0.15) is 0 Å². The first-order valence-corrected chi connectivity index (χ1v) is 7.11. The molecule has 6 heteroatoms. The first kappa shape index (κ1) is 16.5. The molecule has 0 fully saturated rings. The Morgan fingerprint density at radius 1 is 1.13 bits per heavy atom. The number of methoxy groups -OCH3 is 1. The zero-order valence-electron chi connectivity index (χ0n) is 13.7. The molecule has 0 aliphatic heterocycles. The van der Waals surface area contributed by atoms with Crippen LogP contribution in [0.5, 0.6) is 0 Å². The number of carbonyl (C=O) groups excluding carboxylic acids is 1. The Hall–Kier alpha value is -2.89. The largest absolute Gasteiger partial charge is 0.464 e. The number of hydrogen-bond acceptors (Lipinski definition) is 6. The number of carbonyl (C=O) groups is 1. The fourth-order valence-corrected chi connectivity index (χ4v) is 2.01. The van der Waals surface area contributed by atoms with Gasteiger partial charge >= 0.3 is 5.97 Å². The summed E-state index contributed by atoms with van der Waals surface area (Å²) in [6.45, 7) is 0. The minimum Gasteiger partial charge on any atom is -0.464 e. The zero-order chi connectivity index (χ0) is 16.8. The lowest BCUT2D eigenvalue weighted by atomic mass is 10.1. The average molecular weight is 312 g/mol. The van der Waals surface area contributed by atoms with Gasteiger partial charge < -0.3 is 14.5 Å². The van der Waals surface area contributed by atoms with Gasteiger partial charge in [0.25, 0.3) is 0 Å². The van der Waals surface area contributed by atoms with Crippen LogP contribution < -0.4 is 4.90 Å². The van der Waals surface area contributed by atoms with E-state index in [1.54, 1.807) is 29.2 Å². The van der Waals surface area contributed by atoms with Crippen LogP contribution in [0.1, 0.15) is 0 Å². The number of rotatable bonds is 5. The van der Waals surface area contributed by atoms with Crippen LogP contribution >= 0.6 is 0 Å². The molecule has 0 atom stereocenters. The summed E-state index contributed by atoms with van der Waals surface area (Å²) in [6, 6.07) is 11.6. The molecule has 0 amide bonds. The summed E-state index contributed by atoms with van der Waals surface area (Å²) in [4.78, 5) is 24.2. The van der Waals surface area contributed by atoms with E-state index in [-0.39, 0.29) is 0 Å². The fraction of sp³-hybridized carbons (Fsp3) is 0.235. The second-order valence-electron chi connectivity index (χ2n) is 5.14. The smallest absolute Gasteiger partial charge is 0.356 e. The highest BCUT2D eigenvalue weighted by Gasteiger charge is 2.19. The van der Waals surface area contributed by atoms with Crippen molar-refractivity contribution in [3.05, 3.63) is 54.5 Å². The molecule has 0 aliphatic carbocycles. The van der Waals surface area contributed by atoms with E-state index in [0.717, 1.165) is 11.3 Å². The van der Waals surface area contributed by atoms with Crippen molar-refractivity contribution in [3.63, 3.8) is 0 Å². The lowest BCUT2D eigenvalue weighted by molar-refractivity contribution is -0.136. The molecule has 0 N–H and O–H groups in total. The van der Waals surface area contributed by atoms with E-state index >= 15 is 0 Å². The predicted octanol–water partition coefficient (Wildman–Crippen LogP) is 2.16. The number of ether oxygens (including phenoxy) is 1. The summed E-state index contributed by atoms with van der Waals surface area (Å²) < 4.78 is 4.84. The molecule has 2 rings (SSSR count). The Bertz CT molecular complexity index is 699. The third kappa shape index (κ3) is 4.06. The average Bonchev–Trinajstić information content (AvgIpc) is 2.59. The maximum Gasteiger partial charge on any atom is 0.356 e. The van der Waals surface area contributed by atoms with Gasteiger partial charge in [0.2, 0.25) is 5.95 Å². The summed E-state index contributed by atoms with van der Waals surface area (Å²) >= 11 is 0. The van der Waals surface area contributed by atoms with Crippen LogP contribution in [-0.2, 0) is 9.53 Å². The quantitative estimate of drug-likeness (QED) is 0.623. The fourth-order valence-electron chi connectivity index (χ4n) is 2.01. The van der Waals surface area contributed by atoms with Crippen LogP contribution in [-0.4, -0.2) is 49.1 Å². The van der Waals surface area contributed by atoms with Crippen molar-refractivity contribution in [2.24, 2.45) is 0 Å². The van der Waals surface area contributed by atoms with Crippen molar-refractivity contribution in [2.45, 2.75) is 0 Å². The van der Waals surface area contributed by atoms with Crippen LogP contribution in [0.2, 0.25) is 0 Å². The van der Waals surface area contributed by atoms with E-state index in [1.807, 2.05) is 50.5 Å². The lowest BCUT2D eigenvalue weighted by Gasteiger charge is -2.20. The first-order valence-electron chi connectivity index (χ1n) is 7.11. The normalized spacial score (nSPS) is 11.0. The van der Waals surface area contributed by atoms with E-state index in [1.165, 1.54) is 7.11 Å². The monoisotopic (exact) mass is 312 g/mol. The SMILES string of the molecule is COC(=O)C(=CN(C)C)N(C)c1nccc(-c2ccccc2)n1. The van der Waals surface area contributed by atoms with Gasteiger partial charge in [0.15, 0.2) is 0 Å². The van der Waals surface area contributed by atoms with Crippen LogP contribution in [0.3, 0.4) is 0 Å². The summed E-state index contributed by atoms with van der Waals surface area (Å²) in [6.07, 6.45) is 3.34. The number of anilines is 1. The van der Waals surface area contributed by atoms with Crippen molar-refractivity contribution in [1.82, 2.24) is 14.9 Å². The maximum atomic E-state index is 12.0. The third-order valence-electron chi connectivity index (χ3n) is 3.15. The highest BCUT2D eigenvalue weighted by Crippen LogP contribution is 2.20. The highest BCUT2D eigenvalue weighted by atomic mass is 16.5. The molecule has 2 aromatic rings. The summed E-state index contributed by atoms with van der Waals surface area (Å²) in [5, 5.41) is 0. The number of esters is 1. The molecular weight excluding hydrogens is 292 g/mol. The Kier molecular flexibility index (Phi) is 5.30. The van der Waals surface area contributed by atoms with Crippen LogP contribution in [0.15, 0.2) is 54.5 Å². The molecule has 0 unspecified atom stereocenters. The summed E-state index contributed by atoms with van der Waals surface area (Å²) in [5.41, 5.74) is 2.12. The van der Waals surface area contributed by atoms with Gasteiger partial charge in [0.1, 0.15) is 5.70 Å². The number of likely N-dealkylation sites (N-methyl/N-ethyl adjacent to an activating group) is 1. The van der Waals surface area contributed by atoms with E-state index in [2.05, 4.69) is 9.97 Å². The van der Waals surface area contributed by atoms with Crippen LogP contribution in [0, 0.1) is 0 Å². The maximum absolute atomic E-state index is 12.0. The molecule has 0 radical (unpaired) electrons. The van der Waals surface area contributed by atoms with Crippen molar-refractivity contribution in [3.8, 4) is 11.3 Å². The second-order valence-corrected chi connectivity index (χ2v) is 5.14. The Morgan fingerprint density at radius 3 is 2.43 bits per heavy atom. The summed E-state index contributed by atoms with van der Waals surface area (Å²) in [7, 11) is 6.74. The molecule has 120 valence electrons. The van der Waals surface area contributed by atoms with E-state index in [9.17, 15) is 4.79 Å². The van der Waals surface area contributed by atoms with Crippen molar-refractivity contribution in [2.75, 3.05) is 33.2 Å². The van der Waals surface area contributed by atoms with Gasteiger partial charge in [0.05, 0.1) is 12.8 Å². The second kappa shape index (κ2) is 7.40. The number of hydrogen-bond donors (Lipinski definition) is 0. The molecular formula is C17H20N4O2. The minimum atomic E-state index is -0.449. The topological polar surface area (TPSA) is 58.6 Å². The molecule has 1 heterocycles. The Balaban J connectivity index is 2.39. The van der Waals surface area contributed by atoms with Crippen molar-refractivity contribution >= 4 is 11.9 Å². The number of nitrogens with zero attached hydrogens (tertiary/aromatic N) is 4. The molecule has 23 heavy (non-hydrogen) atoms. The molecule has 0 saturated heterocycles. The molecule has 0 bridgehead atoms. The van der Waals surface area contributed by atoms with Crippen molar-refractivity contribution in [1.29, 1.82) is 0 Å². The molecule has 0 aliphatic rings. The number of aromatic nitrogens is 2. The zero-order valence-corrected chi connectivity index (χ0v) is 13.7. The molecule has 0 saturated carbocycles. The van der Waals surface area contributed by atoms with Gasteiger partial charge in [0, 0.05) is 39.1 Å². The molecule has 0 spiro atoms. The predicted molar refractivity (Wildman–Crippen MR) is 89.7 cm³/mol. The standard InChI is InChI=1S/C17H20N4O2/c1-20(2)12-15(16(22)23-4)21(3)17-18-11-10-14(19-17)13-8-6-5-7-9-13/h5-12H,1-4H3. The van der Waals surface area contributed by atoms with E-state index in [0.29, 0.717) is 11.6 Å².